The molecule has 5 nitrogen and oxygen atoms in total. The van der Waals surface area contributed by atoms with E-state index in [1.54, 1.807) is 23.5 Å². The standard InChI is InChI=1S/C17H22N2O3S2/c1-3-19(4-2)24(21,22)16-10-7-14(8-11-16)18-17(20)12-9-15-6-5-13-23-15/h5-8,10-11,13H,3-4,9,12H2,1-2H3,(H,18,20). The van der Waals surface area contributed by atoms with Gasteiger partial charge < -0.3 is 5.32 Å². The van der Waals surface area contributed by atoms with Crippen molar-refractivity contribution in [3.8, 4) is 0 Å². The van der Waals surface area contributed by atoms with Gasteiger partial charge in [-0.25, -0.2) is 8.42 Å². The number of nitrogens with one attached hydrogen (secondary N) is 1. The number of carbonyl (C=O) groups is 1. The molecule has 0 atom stereocenters. The Hall–Kier alpha value is -1.70. The largest absolute Gasteiger partial charge is 0.326 e. The fourth-order valence-corrected chi connectivity index (χ4v) is 4.50. The summed E-state index contributed by atoms with van der Waals surface area (Å²) >= 11 is 1.63. The summed E-state index contributed by atoms with van der Waals surface area (Å²) in [6, 6.07) is 10.3. The van der Waals surface area contributed by atoms with Gasteiger partial charge in [-0.3, -0.25) is 4.79 Å². The molecule has 1 N–H and O–H groups in total. The summed E-state index contributed by atoms with van der Waals surface area (Å²) in [5.74, 6) is -0.0808. The molecule has 24 heavy (non-hydrogen) atoms. The van der Waals surface area contributed by atoms with Crippen molar-refractivity contribution in [1.82, 2.24) is 4.31 Å². The minimum absolute atomic E-state index is 0.0808. The number of anilines is 1. The van der Waals surface area contributed by atoms with E-state index in [2.05, 4.69) is 5.32 Å². The van der Waals surface area contributed by atoms with Crippen LogP contribution in [0.3, 0.4) is 0 Å². The maximum Gasteiger partial charge on any atom is 0.243 e. The highest BCUT2D eigenvalue weighted by Crippen LogP contribution is 2.18. The molecular formula is C17H22N2O3S2. The predicted molar refractivity (Wildman–Crippen MR) is 97.8 cm³/mol. The van der Waals surface area contributed by atoms with E-state index in [9.17, 15) is 13.2 Å². The molecule has 1 amide bonds. The Morgan fingerprint density at radius 2 is 1.79 bits per heavy atom. The molecule has 2 rings (SSSR count). The highest BCUT2D eigenvalue weighted by atomic mass is 32.2. The summed E-state index contributed by atoms with van der Waals surface area (Å²) in [7, 11) is -3.46. The average molecular weight is 367 g/mol. The zero-order chi connectivity index (χ0) is 17.6. The van der Waals surface area contributed by atoms with Gasteiger partial charge in [0.15, 0.2) is 0 Å². The van der Waals surface area contributed by atoms with Crippen LogP contribution in [0.1, 0.15) is 25.1 Å². The predicted octanol–water partition coefficient (Wildman–Crippen LogP) is 3.35. The Labute approximate surface area is 147 Å². The molecule has 0 aliphatic heterocycles. The number of carbonyl (C=O) groups excluding carboxylic acids is 1. The Bertz CT molecular complexity index is 750. The van der Waals surface area contributed by atoms with Gasteiger partial charge in [0.2, 0.25) is 15.9 Å². The summed E-state index contributed by atoms with van der Waals surface area (Å²) in [5.41, 5.74) is 0.602. The number of benzene rings is 1. The quantitative estimate of drug-likeness (QED) is 0.779. The minimum Gasteiger partial charge on any atom is -0.326 e. The van der Waals surface area contributed by atoms with Crippen molar-refractivity contribution in [3.63, 3.8) is 0 Å². The fraction of sp³-hybridized carbons (Fsp3) is 0.353. The smallest absolute Gasteiger partial charge is 0.243 e. The van der Waals surface area contributed by atoms with Gasteiger partial charge in [0.25, 0.3) is 0 Å². The zero-order valence-electron chi connectivity index (χ0n) is 13.9. The molecule has 1 heterocycles. The summed E-state index contributed by atoms with van der Waals surface area (Å²) in [6.07, 6.45) is 1.11. The zero-order valence-corrected chi connectivity index (χ0v) is 15.5. The first-order valence-corrected chi connectivity index (χ1v) is 10.2. The van der Waals surface area contributed by atoms with Crippen molar-refractivity contribution in [1.29, 1.82) is 0 Å². The van der Waals surface area contributed by atoms with Gasteiger partial charge in [0.1, 0.15) is 0 Å². The summed E-state index contributed by atoms with van der Waals surface area (Å²) in [5, 5.41) is 4.79. The minimum atomic E-state index is -3.46. The van der Waals surface area contributed by atoms with Gasteiger partial charge in [0, 0.05) is 30.1 Å². The van der Waals surface area contributed by atoms with E-state index < -0.39 is 10.0 Å². The van der Waals surface area contributed by atoms with E-state index in [0.29, 0.717) is 31.6 Å². The fourth-order valence-electron chi connectivity index (χ4n) is 2.34. The van der Waals surface area contributed by atoms with Crippen LogP contribution in [0.2, 0.25) is 0 Å². The Balaban J connectivity index is 1.97. The van der Waals surface area contributed by atoms with Gasteiger partial charge >= 0.3 is 0 Å². The second-order valence-corrected chi connectivity index (χ2v) is 8.21. The number of aryl methyl sites for hydroxylation is 1. The third kappa shape index (κ3) is 4.66. The van der Waals surface area contributed by atoms with E-state index >= 15 is 0 Å². The topological polar surface area (TPSA) is 66.5 Å². The monoisotopic (exact) mass is 366 g/mol. The first-order chi connectivity index (χ1) is 11.5. The summed E-state index contributed by atoms with van der Waals surface area (Å²) in [6.45, 7) is 4.48. The number of amides is 1. The number of rotatable bonds is 8. The van der Waals surface area contributed by atoms with Crippen molar-refractivity contribution >= 4 is 33.0 Å². The summed E-state index contributed by atoms with van der Waals surface area (Å²) in [4.78, 5) is 13.4. The van der Waals surface area contributed by atoms with E-state index in [0.717, 1.165) is 0 Å². The van der Waals surface area contributed by atoms with E-state index in [1.807, 2.05) is 31.4 Å². The maximum atomic E-state index is 12.4. The van der Waals surface area contributed by atoms with Gasteiger partial charge in [-0.05, 0) is 42.1 Å². The van der Waals surface area contributed by atoms with Crippen LogP contribution in [0.4, 0.5) is 5.69 Å². The van der Waals surface area contributed by atoms with Crippen molar-refractivity contribution in [2.75, 3.05) is 18.4 Å². The molecule has 0 saturated carbocycles. The first-order valence-electron chi connectivity index (χ1n) is 7.89. The number of thiophene rings is 1. The van der Waals surface area contributed by atoms with Crippen LogP contribution in [0, 0.1) is 0 Å². The normalized spacial score (nSPS) is 11.6. The molecular weight excluding hydrogens is 344 g/mol. The number of nitrogens with zero attached hydrogens (tertiary/aromatic N) is 1. The second-order valence-electron chi connectivity index (χ2n) is 5.24. The lowest BCUT2D eigenvalue weighted by Gasteiger charge is -2.18. The van der Waals surface area contributed by atoms with Crippen LogP contribution in [-0.2, 0) is 21.2 Å². The van der Waals surface area contributed by atoms with Gasteiger partial charge in [-0.15, -0.1) is 11.3 Å². The molecule has 2 aromatic rings. The number of hydrogen-bond donors (Lipinski definition) is 1. The molecule has 0 aliphatic carbocycles. The molecule has 1 aromatic carbocycles. The number of sulfonamides is 1. The average Bonchev–Trinajstić information content (AvgIpc) is 3.08. The molecule has 0 bridgehead atoms. The van der Waals surface area contributed by atoms with Crippen LogP contribution in [0.5, 0.6) is 0 Å². The van der Waals surface area contributed by atoms with Gasteiger partial charge in [0.05, 0.1) is 4.90 Å². The highest BCUT2D eigenvalue weighted by molar-refractivity contribution is 7.89. The SMILES string of the molecule is CCN(CC)S(=O)(=O)c1ccc(NC(=O)CCc2cccs2)cc1. The lowest BCUT2D eigenvalue weighted by atomic mass is 10.2. The highest BCUT2D eigenvalue weighted by Gasteiger charge is 2.21. The molecule has 1 aromatic heterocycles. The number of hydrogen-bond acceptors (Lipinski definition) is 4. The third-order valence-electron chi connectivity index (χ3n) is 3.66. The van der Waals surface area contributed by atoms with Crippen molar-refractivity contribution in [2.45, 2.75) is 31.6 Å². The Kier molecular flexibility index (Phi) is 6.53. The van der Waals surface area contributed by atoms with Crippen LogP contribution >= 0.6 is 11.3 Å². The second kappa shape index (κ2) is 8.41. The maximum absolute atomic E-state index is 12.4. The molecule has 0 radical (unpaired) electrons. The van der Waals surface area contributed by atoms with Crippen molar-refractivity contribution in [2.24, 2.45) is 0 Å². The van der Waals surface area contributed by atoms with Gasteiger partial charge in [-0.2, -0.15) is 4.31 Å². The lowest BCUT2D eigenvalue weighted by Crippen LogP contribution is -2.30. The third-order valence-corrected chi connectivity index (χ3v) is 6.66. The summed E-state index contributed by atoms with van der Waals surface area (Å²) < 4.78 is 26.2. The Morgan fingerprint density at radius 1 is 1.12 bits per heavy atom. The molecule has 0 spiro atoms. The lowest BCUT2D eigenvalue weighted by molar-refractivity contribution is -0.116. The Morgan fingerprint density at radius 3 is 2.33 bits per heavy atom. The van der Waals surface area contributed by atoms with Gasteiger partial charge in [-0.1, -0.05) is 19.9 Å². The molecule has 7 heteroatoms. The van der Waals surface area contributed by atoms with Crippen LogP contribution in [-0.4, -0.2) is 31.7 Å². The molecule has 0 aliphatic rings. The van der Waals surface area contributed by atoms with Crippen LogP contribution < -0.4 is 5.32 Å². The molecule has 0 fully saturated rings. The molecule has 0 unspecified atom stereocenters. The van der Waals surface area contributed by atoms with E-state index in [-0.39, 0.29) is 10.8 Å². The van der Waals surface area contributed by atoms with E-state index in [1.165, 1.54) is 21.3 Å². The van der Waals surface area contributed by atoms with Crippen molar-refractivity contribution in [3.05, 3.63) is 46.7 Å². The van der Waals surface area contributed by atoms with Crippen LogP contribution in [0.25, 0.3) is 0 Å². The van der Waals surface area contributed by atoms with Crippen molar-refractivity contribution < 1.29 is 13.2 Å². The first kappa shape index (κ1) is 18.6. The van der Waals surface area contributed by atoms with Crippen LogP contribution in [0.15, 0.2) is 46.7 Å². The molecule has 130 valence electrons. The molecule has 0 saturated heterocycles. The van der Waals surface area contributed by atoms with E-state index in [4.69, 9.17) is 0 Å².